The highest BCUT2D eigenvalue weighted by atomic mass is 19.1. The first-order valence-electron chi connectivity index (χ1n) is 8.02. The predicted octanol–water partition coefficient (Wildman–Crippen LogP) is 2.45. The summed E-state index contributed by atoms with van der Waals surface area (Å²) in [7, 11) is 0. The molecule has 0 unspecified atom stereocenters. The van der Waals surface area contributed by atoms with Crippen LogP contribution in [0.1, 0.15) is 19.4 Å². The van der Waals surface area contributed by atoms with E-state index in [9.17, 15) is 18.8 Å². The Morgan fingerprint density at radius 1 is 1.04 bits per heavy atom. The summed E-state index contributed by atoms with van der Waals surface area (Å²) >= 11 is 0. The summed E-state index contributed by atoms with van der Waals surface area (Å²) in [5, 5.41) is 5.33. The van der Waals surface area contributed by atoms with Crippen LogP contribution >= 0.6 is 0 Å². The molecule has 0 fully saturated rings. The van der Waals surface area contributed by atoms with Gasteiger partial charge in [0.1, 0.15) is 12.4 Å². The van der Waals surface area contributed by atoms with Crippen LogP contribution in [0.3, 0.4) is 0 Å². The number of carbonyl (C=O) groups is 3. The molecule has 0 atom stereocenters. The number of amides is 3. The summed E-state index contributed by atoms with van der Waals surface area (Å²) in [6.07, 6.45) is 0. The van der Waals surface area contributed by atoms with Crippen molar-refractivity contribution < 1.29 is 18.8 Å². The zero-order chi connectivity index (χ0) is 19.1. The van der Waals surface area contributed by atoms with Crippen molar-refractivity contribution in [1.29, 1.82) is 0 Å². The smallest absolute Gasteiger partial charge is 0.240 e. The fourth-order valence-corrected chi connectivity index (χ4v) is 2.34. The van der Waals surface area contributed by atoms with Crippen LogP contribution in [0.4, 0.5) is 15.8 Å². The summed E-state index contributed by atoms with van der Waals surface area (Å²) < 4.78 is 12.9. The van der Waals surface area contributed by atoms with E-state index < -0.39 is 0 Å². The number of hydrogen-bond acceptors (Lipinski definition) is 3. The zero-order valence-electron chi connectivity index (χ0n) is 14.6. The molecule has 2 aromatic carbocycles. The molecule has 0 heterocycles. The number of nitrogens with zero attached hydrogens (tertiary/aromatic N) is 1. The van der Waals surface area contributed by atoms with Gasteiger partial charge in [-0.3, -0.25) is 14.4 Å². The topological polar surface area (TPSA) is 78.5 Å². The maximum absolute atomic E-state index is 12.9. The second kappa shape index (κ2) is 8.75. The van der Waals surface area contributed by atoms with E-state index in [-0.39, 0.29) is 36.6 Å². The van der Waals surface area contributed by atoms with Crippen molar-refractivity contribution in [3.05, 3.63) is 59.9 Å². The van der Waals surface area contributed by atoms with Crippen LogP contribution in [0, 0.1) is 5.82 Å². The van der Waals surface area contributed by atoms with Crippen molar-refractivity contribution >= 4 is 29.1 Å². The lowest BCUT2D eigenvalue weighted by Crippen LogP contribution is -2.39. The summed E-state index contributed by atoms with van der Waals surface area (Å²) in [6.45, 7) is 2.81. The first kappa shape index (κ1) is 19.1. The van der Waals surface area contributed by atoms with Gasteiger partial charge in [-0.15, -0.1) is 0 Å². The maximum atomic E-state index is 12.9. The largest absolute Gasteiger partial charge is 0.350 e. The minimum atomic E-state index is -0.352. The predicted molar refractivity (Wildman–Crippen MR) is 97.0 cm³/mol. The average molecular weight is 357 g/mol. The normalized spacial score (nSPS) is 10.1. The number of carbonyl (C=O) groups excluding carboxylic acids is 3. The minimum Gasteiger partial charge on any atom is -0.350 e. The van der Waals surface area contributed by atoms with Crippen LogP contribution in [0.15, 0.2) is 48.5 Å². The first-order valence-corrected chi connectivity index (χ1v) is 8.02. The van der Waals surface area contributed by atoms with Crippen molar-refractivity contribution in [3.63, 3.8) is 0 Å². The van der Waals surface area contributed by atoms with Crippen LogP contribution in [-0.2, 0) is 20.9 Å². The van der Waals surface area contributed by atoms with E-state index in [0.29, 0.717) is 11.4 Å². The zero-order valence-corrected chi connectivity index (χ0v) is 14.6. The van der Waals surface area contributed by atoms with Crippen LogP contribution in [0.2, 0.25) is 0 Å². The molecule has 3 amide bonds. The molecule has 0 spiro atoms. The third-order valence-corrected chi connectivity index (χ3v) is 3.56. The van der Waals surface area contributed by atoms with Crippen LogP contribution < -0.4 is 15.5 Å². The third kappa shape index (κ3) is 5.70. The Morgan fingerprint density at radius 3 is 2.35 bits per heavy atom. The molecule has 0 radical (unpaired) electrons. The monoisotopic (exact) mass is 357 g/mol. The van der Waals surface area contributed by atoms with Crippen molar-refractivity contribution in [2.45, 2.75) is 20.4 Å². The summed E-state index contributed by atoms with van der Waals surface area (Å²) in [6, 6.07) is 12.5. The van der Waals surface area contributed by atoms with Gasteiger partial charge in [0.15, 0.2) is 0 Å². The Balaban J connectivity index is 2.03. The molecule has 0 saturated carbocycles. The molecule has 0 aliphatic heterocycles. The van der Waals surface area contributed by atoms with Gasteiger partial charge in [0.05, 0.1) is 0 Å². The molecular weight excluding hydrogens is 337 g/mol. The van der Waals surface area contributed by atoms with Gasteiger partial charge in [-0.2, -0.15) is 0 Å². The SMILES string of the molecule is CC(=O)Nc1cccc(N(CC(=O)NCc2ccc(F)cc2)C(C)=O)c1. The average Bonchev–Trinajstić information content (AvgIpc) is 2.58. The van der Waals surface area contributed by atoms with Gasteiger partial charge in [-0.25, -0.2) is 4.39 Å². The molecule has 0 aliphatic carbocycles. The van der Waals surface area contributed by atoms with Crippen molar-refractivity contribution in [2.24, 2.45) is 0 Å². The van der Waals surface area contributed by atoms with Crippen LogP contribution in [0.5, 0.6) is 0 Å². The molecule has 2 N–H and O–H groups in total. The molecule has 136 valence electrons. The van der Waals surface area contributed by atoms with Crippen LogP contribution in [-0.4, -0.2) is 24.3 Å². The molecular formula is C19H20FN3O3. The quantitative estimate of drug-likeness (QED) is 0.834. The van der Waals surface area contributed by atoms with Gasteiger partial charge in [0.2, 0.25) is 17.7 Å². The molecule has 0 aliphatic rings. The van der Waals surface area contributed by atoms with Crippen molar-refractivity contribution in [3.8, 4) is 0 Å². The van der Waals surface area contributed by atoms with E-state index in [1.807, 2.05) is 0 Å². The minimum absolute atomic E-state index is 0.167. The van der Waals surface area contributed by atoms with E-state index in [4.69, 9.17) is 0 Å². The Labute approximate surface area is 151 Å². The molecule has 0 aromatic heterocycles. The third-order valence-electron chi connectivity index (χ3n) is 3.56. The maximum Gasteiger partial charge on any atom is 0.240 e. The van der Waals surface area contributed by atoms with E-state index >= 15 is 0 Å². The summed E-state index contributed by atoms with van der Waals surface area (Å²) in [4.78, 5) is 36.6. The Hall–Kier alpha value is -3.22. The van der Waals surface area contributed by atoms with Crippen molar-refractivity contribution in [1.82, 2.24) is 5.32 Å². The van der Waals surface area contributed by atoms with E-state index in [0.717, 1.165) is 5.56 Å². The van der Waals surface area contributed by atoms with Gasteiger partial charge in [-0.1, -0.05) is 18.2 Å². The van der Waals surface area contributed by atoms with Gasteiger partial charge in [0.25, 0.3) is 0 Å². The Morgan fingerprint density at radius 2 is 1.73 bits per heavy atom. The Kier molecular flexibility index (Phi) is 6.43. The number of anilines is 2. The highest BCUT2D eigenvalue weighted by molar-refractivity contribution is 5.98. The number of nitrogens with one attached hydrogen (secondary N) is 2. The number of hydrogen-bond donors (Lipinski definition) is 2. The highest BCUT2D eigenvalue weighted by Gasteiger charge is 2.16. The van der Waals surface area contributed by atoms with Crippen molar-refractivity contribution in [2.75, 3.05) is 16.8 Å². The van der Waals surface area contributed by atoms with Crippen LogP contribution in [0.25, 0.3) is 0 Å². The second-order valence-electron chi connectivity index (χ2n) is 5.74. The van der Waals surface area contributed by atoms with Gasteiger partial charge >= 0.3 is 0 Å². The summed E-state index contributed by atoms with van der Waals surface area (Å²) in [5.41, 5.74) is 1.79. The summed E-state index contributed by atoms with van der Waals surface area (Å²) in [5.74, 6) is -1.23. The fourth-order valence-electron chi connectivity index (χ4n) is 2.34. The lowest BCUT2D eigenvalue weighted by Gasteiger charge is -2.21. The van der Waals surface area contributed by atoms with E-state index in [1.54, 1.807) is 36.4 Å². The lowest BCUT2D eigenvalue weighted by molar-refractivity contribution is -0.123. The van der Waals surface area contributed by atoms with E-state index in [1.165, 1.54) is 30.9 Å². The van der Waals surface area contributed by atoms with Gasteiger partial charge in [0, 0.05) is 31.8 Å². The molecule has 0 bridgehead atoms. The standard InChI is InChI=1S/C19H20FN3O3/c1-13(24)22-17-4-3-5-18(10-17)23(14(2)25)12-19(26)21-11-15-6-8-16(20)9-7-15/h3-10H,11-12H2,1-2H3,(H,21,26)(H,22,24). The molecule has 2 rings (SSSR count). The second-order valence-corrected chi connectivity index (χ2v) is 5.74. The number of rotatable bonds is 6. The fraction of sp³-hybridized carbons (Fsp3) is 0.211. The highest BCUT2D eigenvalue weighted by Crippen LogP contribution is 2.19. The van der Waals surface area contributed by atoms with Gasteiger partial charge in [-0.05, 0) is 35.9 Å². The molecule has 0 saturated heterocycles. The molecule has 6 nitrogen and oxygen atoms in total. The van der Waals surface area contributed by atoms with E-state index in [2.05, 4.69) is 10.6 Å². The number of halogens is 1. The van der Waals surface area contributed by atoms with Gasteiger partial charge < -0.3 is 15.5 Å². The molecule has 7 heteroatoms. The number of benzene rings is 2. The Bertz CT molecular complexity index is 806. The first-order chi connectivity index (χ1) is 12.3. The molecule has 2 aromatic rings. The molecule has 26 heavy (non-hydrogen) atoms. The lowest BCUT2D eigenvalue weighted by atomic mass is 10.2.